The van der Waals surface area contributed by atoms with Gasteiger partial charge >= 0.3 is 12.0 Å². The molecule has 146 valence electrons. The Kier molecular flexibility index (Phi) is 9.29. The maximum Gasteiger partial charge on any atom is 0.325 e. The van der Waals surface area contributed by atoms with Gasteiger partial charge in [-0.2, -0.15) is 0 Å². The monoisotopic (exact) mass is 367 g/mol. The van der Waals surface area contributed by atoms with E-state index >= 15 is 0 Å². The summed E-state index contributed by atoms with van der Waals surface area (Å²) in [5.74, 6) is 0.175. The molecule has 1 atom stereocenters. The Morgan fingerprint density at radius 3 is 2.77 bits per heavy atom. The van der Waals surface area contributed by atoms with Crippen LogP contribution in [0.3, 0.4) is 0 Å². The third-order valence-corrected chi connectivity index (χ3v) is 3.50. The third kappa shape index (κ3) is 6.44. The molecular formula is C18H29N3O5. The Morgan fingerprint density at radius 1 is 1.38 bits per heavy atom. The summed E-state index contributed by atoms with van der Waals surface area (Å²) in [5.41, 5.74) is 1.60. The number of rotatable bonds is 6. The molecule has 8 nitrogen and oxygen atoms in total. The molecule has 0 saturated heterocycles. The Bertz CT molecular complexity index is 594. The van der Waals surface area contributed by atoms with Crippen LogP contribution in [-0.4, -0.2) is 54.5 Å². The fourth-order valence-corrected chi connectivity index (χ4v) is 2.31. The van der Waals surface area contributed by atoms with Crippen LogP contribution in [0.25, 0.3) is 0 Å². The summed E-state index contributed by atoms with van der Waals surface area (Å²) in [6.07, 6.45) is -0.718. The maximum atomic E-state index is 12.1. The predicted octanol–water partition coefficient (Wildman–Crippen LogP) is 1.93. The zero-order valence-corrected chi connectivity index (χ0v) is 15.9. The van der Waals surface area contributed by atoms with Crippen LogP contribution in [0.5, 0.6) is 5.75 Å². The number of ether oxygens (including phenoxy) is 2. The number of hydrogen-bond acceptors (Lipinski definition) is 6. The lowest BCUT2D eigenvalue weighted by Gasteiger charge is -2.25. The van der Waals surface area contributed by atoms with E-state index in [0.29, 0.717) is 24.5 Å². The molecule has 1 aliphatic heterocycles. The lowest BCUT2D eigenvalue weighted by atomic mass is 10.1. The van der Waals surface area contributed by atoms with Crippen LogP contribution in [0.4, 0.5) is 10.5 Å². The summed E-state index contributed by atoms with van der Waals surface area (Å²) in [6.45, 7) is 8.74. The van der Waals surface area contributed by atoms with Gasteiger partial charge in [0.2, 0.25) is 0 Å². The Labute approximate surface area is 154 Å². The van der Waals surface area contributed by atoms with E-state index in [9.17, 15) is 14.7 Å². The summed E-state index contributed by atoms with van der Waals surface area (Å²) in [7, 11) is 0. The van der Waals surface area contributed by atoms with Gasteiger partial charge in [0.05, 0.1) is 12.3 Å². The van der Waals surface area contributed by atoms with Crippen molar-refractivity contribution < 1.29 is 24.2 Å². The molecule has 2 rings (SSSR count). The largest absolute Gasteiger partial charge is 0.487 e. The predicted molar refractivity (Wildman–Crippen MR) is 99.0 cm³/mol. The maximum absolute atomic E-state index is 12.1. The average molecular weight is 367 g/mol. The third-order valence-electron chi connectivity index (χ3n) is 3.50. The zero-order valence-electron chi connectivity index (χ0n) is 15.9. The number of benzene rings is 1. The number of amides is 2. The molecule has 0 spiro atoms. The standard InChI is InChI=1S/C16H23N3O5.C2H6/c1-3-19(16(22)17-8-15(21)23-4-2)9-11-5-6-12-13(7-11)24-10-14(20)18-12;1-2/h5-7,14,18,20H,3-4,8-10H2,1-2H3,(H,17,22);1-2H3/t14-;/m1./s1. The van der Waals surface area contributed by atoms with Gasteiger partial charge in [-0.25, -0.2) is 4.79 Å². The van der Waals surface area contributed by atoms with E-state index in [0.717, 1.165) is 5.56 Å². The van der Waals surface area contributed by atoms with Crippen LogP contribution in [0.1, 0.15) is 33.3 Å². The molecule has 8 heteroatoms. The van der Waals surface area contributed by atoms with Crippen LogP contribution >= 0.6 is 0 Å². The van der Waals surface area contributed by atoms with Crippen molar-refractivity contribution in [2.24, 2.45) is 0 Å². The number of urea groups is 1. The molecule has 0 bridgehead atoms. The number of fused-ring (bicyclic) bond motifs is 1. The minimum atomic E-state index is -0.718. The fourth-order valence-electron chi connectivity index (χ4n) is 2.31. The summed E-state index contributed by atoms with van der Waals surface area (Å²) in [5, 5.41) is 14.9. The number of aliphatic hydroxyl groups is 1. The molecule has 0 unspecified atom stereocenters. The Morgan fingerprint density at radius 2 is 2.12 bits per heavy atom. The van der Waals surface area contributed by atoms with Crippen molar-refractivity contribution in [1.82, 2.24) is 10.2 Å². The average Bonchev–Trinajstić information content (AvgIpc) is 2.66. The Balaban J connectivity index is 0.00000163. The molecule has 1 aromatic carbocycles. The number of nitrogens with zero attached hydrogens (tertiary/aromatic N) is 1. The van der Waals surface area contributed by atoms with Crippen molar-refractivity contribution >= 4 is 17.7 Å². The second-order valence-electron chi connectivity index (χ2n) is 5.28. The molecular weight excluding hydrogens is 338 g/mol. The van der Waals surface area contributed by atoms with Crippen molar-refractivity contribution in [3.05, 3.63) is 23.8 Å². The first-order valence-electron chi connectivity index (χ1n) is 8.92. The summed E-state index contributed by atoms with van der Waals surface area (Å²) in [4.78, 5) is 25.0. The number of hydrogen-bond donors (Lipinski definition) is 3. The Hall–Kier alpha value is -2.48. The van der Waals surface area contributed by atoms with Gasteiger partial charge in [0.15, 0.2) is 6.23 Å². The van der Waals surface area contributed by atoms with Crippen LogP contribution < -0.4 is 15.4 Å². The molecule has 0 aliphatic carbocycles. The van der Waals surface area contributed by atoms with Gasteiger partial charge in [-0.05, 0) is 31.5 Å². The highest BCUT2D eigenvalue weighted by Crippen LogP contribution is 2.29. The number of carbonyl (C=O) groups is 2. The molecule has 2 amide bonds. The van der Waals surface area contributed by atoms with Gasteiger partial charge in [0.25, 0.3) is 0 Å². The van der Waals surface area contributed by atoms with Crippen molar-refractivity contribution in [1.29, 1.82) is 0 Å². The minimum Gasteiger partial charge on any atom is -0.487 e. The van der Waals surface area contributed by atoms with E-state index in [-0.39, 0.29) is 25.8 Å². The number of esters is 1. The van der Waals surface area contributed by atoms with Gasteiger partial charge < -0.3 is 30.1 Å². The number of carbonyl (C=O) groups excluding carboxylic acids is 2. The minimum absolute atomic E-state index is 0.154. The second-order valence-corrected chi connectivity index (χ2v) is 5.28. The number of anilines is 1. The summed E-state index contributed by atoms with van der Waals surface area (Å²) < 4.78 is 10.2. The topological polar surface area (TPSA) is 100 Å². The number of nitrogens with one attached hydrogen (secondary N) is 2. The van der Waals surface area contributed by atoms with Crippen LogP contribution in [0, 0.1) is 0 Å². The normalized spacial score (nSPS) is 14.6. The van der Waals surface area contributed by atoms with E-state index in [1.807, 2.05) is 32.9 Å². The smallest absolute Gasteiger partial charge is 0.325 e. The highest BCUT2D eigenvalue weighted by atomic mass is 16.5. The van der Waals surface area contributed by atoms with Gasteiger partial charge in [-0.15, -0.1) is 0 Å². The van der Waals surface area contributed by atoms with Crippen LogP contribution in [0.15, 0.2) is 18.2 Å². The van der Waals surface area contributed by atoms with Crippen molar-refractivity contribution in [2.75, 3.05) is 31.6 Å². The van der Waals surface area contributed by atoms with Gasteiger partial charge in [-0.1, -0.05) is 19.9 Å². The molecule has 1 aliphatic rings. The van der Waals surface area contributed by atoms with Gasteiger partial charge in [0.1, 0.15) is 18.9 Å². The second kappa shape index (κ2) is 11.2. The zero-order chi connectivity index (χ0) is 19.5. The van der Waals surface area contributed by atoms with Gasteiger partial charge in [-0.3, -0.25) is 4.79 Å². The lowest BCUT2D eigenvalue weighted by molar-refractivity contribution is -0.141. The van der Waals surface area contributed by atoms with Crippen LogP contribution in [0.2, 0.25) is 0 Å². The van der Waals surface area contributed by atoms with E-state index in [4.69, 9.17) is 9.47 Å². The van der Waals surface area contributed by atoms with E-state index in [1.54, 1.807) is 17.9 Å². The highest BCUT2D eigenvalue weighted by Gasteiger charge is 2.18. The first-order valence-corrected chi connectivity index (χ1v) is 8.92. The molecule has 26 heavy (non-hydrogen) atoms. The first-order chi connectivity index (χ1) is 12.5. The molecule has 3 N–H and O–H groups in total. The first kappa shape index (κ1) is 21.6. The molecule has 1 aromatic rings. The fraction of sp³-hybridized carbons (Fsp3) is 0.556. The molecule has 0 radical (unpaired) electrons. The molecule has 0 aromatic heterocycles. The molecule has 0 saturated carbocycles. The van der Waals surface area contributed by atoms with E-state index in [1.165, 1.54) is 0 Å². The summed E-state index contributed by atoms with van der Waals surface area (Å²) in [6, 6.07) is 5.15. The highest BCUT2D eigenvalue weighted by molar-refractivity contribution is 5.80. The lowest BCUT2D eigenvalue weighted by Crippen LogP contribution is -2.41. The van der Waals surface area contributed by atoms with Crippen molar-refractivity contribution in [3.63, 3.8) is 0 Å². The van der Waals surface area contributed by atoms with Crippen molar-refractivity contribution in [2.45, 2.75) is 40.5 Å². The van der Waals surface area contributed by atoms with Gasteiger partial charge in [0, 0.05) is 13.1 Å². The quantitative estimate of drug-likeness (QED) is 0.665. The van der Waals surface area contributed by atoms with Crippen LogP contribution in [-0.2, 0) is 16.1 Å². The van der Waals surface area contributed by atoms with E-state index < -0.39 is 12.2 Å². The SMILES string of the molecule is CC.CCOC(=O)CNC(=O)N(CC)Cc1ccc2c(c1)OC[C@@H](O)N2. The number of aliphatic hydroxyl groups excluding tert-OH is 1. The van der Waals surface area contributed by atoms with E-state index in [2.05, 4.69) is 10.6 Å². The summed E-state index contributed by atoms with van der Waals surface area (Å²) >= 11 is 0. The molecule has 0 fully saturated rings. The van der Waals surface area contributed by atoms with Crippen molar-refractivity contribution in [3.8, 4) is 5.75 Å². The molecule has 1 heterocycles.